The Bertz CT molecular complexity index is 557. The summed E-state index contributed by atoms with van der Waals surface area (Å²) in [5.41, 5.74) is 6.79. The Morgan fingerprint density at radius 1 is 1.50 bits per heavy atom. The third-order valence-electron chi connectivity index (χ3n) is 4.28. The number of likely N-dealkylation sites (tertiary alicyclic amines) is 1. The predicted molar refractivity (Wildman–Crippen MR) is 97.9 cm³/mol. The van der Waals surface area contributed by atoms with Crippen molar-refractivity contribution in [3.63, 3.8) is 0 Å². The van der Waals surface area contributed by atoms with Gasteiger partial charge in [-0.3, -0.25) is 9.69 Å². The Kier molecular flexibility index (Phi) is 8.43. The van der Waals surface area contributed by atoms with E-state index in [1.807, 2.05) is 13.8 Å². The SMILES string of the molecule is CC(C)[C@H](N)C(=O)NC1CCCN(Cc2ccc(F)cc2Cl)C1.Cl. The molecule has 1 saturated heterocycles. The molecular weight excluding hydrogens is 352 g/mol. The second-order valence-corrected chi connectivity index (χ2v) is 7.00. The molecule has 1 heterocycles. The average Bonchev–Trinajstić information content (AvgIpc) is 2.49. The van der Waals surface area contributed by atoms with Gasteiger partial charge in [0.25, 0.3) is 0 Å². The maximum Gasteiger partial charge on any atom is 0.237 e. The molecule has 7 heteroatoms. The quantitative estimate of drug-likeness (QED) is 0.828. The fraction of sp³-hybridized carbons (Fsp3) is 0.588. The van der Waals surface area contributed by atoms with Crippen LogP contribution in [0.1, 0.15) is 32.3 Å². The minimum atomic E-state index is -0.475. The second-order valence-electron chi connectivity index (χ2n) is 6.59. The summed E-state index contributed by atoms with van der Waals surface area (Å²) in [7, 11) is 0. The molecule has 1 amide bonds. The number of rotatable bonds is 5. The molecule has 0 saturated carbocycles. The highest BCUT2D eigenvalue weighted by molar-refractivity contribution is 6.31. The fourth-order valence-electron chi connectivity index (χ4n) is 2.81. The Labute approximate surface area is 154 Å². The van der Waals surface area contributed by atoms with E-state index in [-0.39, 0.29) is 36.1 Å². The lowest BCUT2D eigenvalue weighted by Gasteiger charge is -2.34. The van der Waals surface area contributed by atoms with Crippen LogP contribution in [0.5, 0.6) is 0 Å². The van der Waals surface area contributed by atoms with Crippen LogP contribution in [0.3, 0.4) is 0 Å². The van der Waals surface area contributed by atoms with Crippen molar-refractivity contribution in [2.75, 3.05) is 13.1 Å². The summed E-state index contributed by atoms with van der Waals surface area (Å²) in [5, 5.41) is 3.48. The zero-order valence-electron chi connectivity index (χ0n) is 14.1. The first-order valence-electron chi connectivity index (χ1n) is 8.09. The molecule has 2 atom stereocenters. The van der Waals surface area contributed by atoms with Crippen LogP contribution in [0.4, 0.5) is 4.39 Å². The van der Waals surface area contributed by atoms with Gasteiger partial charge in [0.15, 0.2) is 0 Å². The summed E-state index contributed by atoms with van der Waals surface area (Å²) < 4.78 is 13.1. The minimum Gasteiger partial charge on any atom is -0.351 e. The predicted octanol–water partition coefficient (Wildman–Crippen LogP) is 2.96. The van der Waals surface area contributed by atoms with Crippen molar-refractivity contribution in [3.05, 3.63) is 34.6 Å². The number of hydrogen-bond donors (Lipinski definition) is 2. The summed E-state index contributed by atoms with van der Waals surface area (Å²) in [6, 6.07) is 4.10. The summed E-state index contributed by atoms with van der Waals surface area (Å²) >= 11 is 6.09. The van der Waals surface area contributed by atoms with Gasteiger partial charge >= 0.3 is 0 Å². The number of nitrogens with zero attached hydrogens (tertiary/aromatic N) is 1. The molecule has 4 nitrogen and oxygen atoms in total. The van der Waals surface area contributed by atoms with Crippen molar-refractivity contribution in [3.8, 4) is 0 Å². The molecule has 1 aromatic rings. The Balaban J connectivity index is 0.00000288. The molecule has 0 aliphatic carbocycles. The maximum absolute atomic E-state index is 13.1. The number of carbonyl (C=O) groups excluding carboxylic acids is 1. The summed E-state index contributed by atoms with van der Waals surface area (Å²) in [4.78, 5) is 14.3. The lowest BCUT2D eigenvalue weighted by atomic mass is 10.0. The van der Waals surface area contributed by atoms with Gasteiger partial charge < -0.3 is 11.1 Å². The van der Waals surface area contributed by atoms with E-state index in [2.05, 4.69) is 10.2 Å². The number of nitrogens with one attached hydrogen (secondary N) is 1. The molecule has 1 fully saturated rings. The molecule has 0 bridgehead atoms. The molecular formula is C17H26Cl2FN3O. The molecule has 0 spiro atoms. The first kappa shape index (κ1) is 21.2. The van der Waals surface area contributed by atoms with Crippen LogP contribution in [0, 0.1) is 11.7 Å². The molecule has 3 N–H and O–H groups in total. The molecule has 1 unspecified atom stereocenters. The second kappa shape index (κ2) is 9.56. The van der Waals surface area contributed by atoms with Gasteiger partial charge in [-0.05, 0) is 43.0 Å². The minimum absolute atomic E-state index is 0. The smallest absolute Gasteiger partial charge is 0.237 e. The normalized spacial score (nSPS) is 19.7. The third kappa shape index (κ3) is 5.88. The summed E-state index contributed by atoms with van der Waals surface area (Å²) in [5.74, 6) is -0.301. The van der Waals surface area contributed by atoms with Gasteiger partial charge in [-0.15, -0.1) is 12.4 Å². The fourth-order valence-corrected chi connectivity index (χ4v) is 3.03. The zero-order valence-corrected chi connectivity index (χ0v) is 15.7. The van der Waals surface area contributed by atoms with E-state index in [9.17, 15) is 9.18 Å². The maximum atomic E-state index is 13.1. The van der Waals surface area contributed by atoms with Gasteiger partial charge in [0.2, 0.25) is 5.91 Å². The number of halogens is 3. The lowest BCUT2D eigenvalue weighted by Crippen LogP contribution is -2.52. The van der Waals surface area contributed by atoms with Gasteiger partial charge in [0.1, 0.15) is 5.82 Å². The molecule has 24 heavy (non-hydrogen) atoms. The van der Waals surface area contributed by atoms with Crippen LogP contribution in [0.2, 0.25) is 5.02 Å². The molecule has 2 rings (SSSR count). The van der Waals surface area contributed by atoms with Crippen molar-refractivity contribution in [2.45, 2.75) is 45.3 Å². The Hall–Kier alpha value is -0.880. The lowest BCUT2D eigenvalue weighted by molar-refractivity contribution is -0.124. The molecule has 1 aromatic carbocycles. The monoisotopic (exact) mass is 377 g/mol. The van der Waals surface area contributed by atoms with Gasteiger partial charge in [0.05, 0.1) is 6.04 Å². The van der Waals surface area contributed by atoms with E-state index in [1.165, 1.54) is 12.1 Å². The highest BCUT2D eigenvalue weighted by Gasteiger charge is 2.25. The molecule has 1 aliphatic rings. The molecule has 0 aromatic heterocycles. The highest BCUT2D eigenvalue weighted by atomic mass is 35.5. The van der Waals surface area contributed by atoms with Gasteiger partial charge in [-0.25, -0.2) is 4.39 Å². The van der Waals surface area contributed by atoms with Crippen molar-refractivity contribution < 1.29 is 9.18 Å². The van der Waals surface area contributed by atoms with Crippen LogP contribution in [-0.4, -0.2) is 36.0 Å². The van der Waals surface area contributed by atoms with E-state index in [0.29, 0.717) is 11.6 Å². The van der Waals surface area contributed by atoms with Crippen molar-refractivity contribution in [1.82, 2.24) is 10.2 Å². The van der Waals surface area contributed by atoms with Crippen molar-refractivity contribution in [1.29, 1.82) is 0 Å². The van der Waals surface area contributed by atoms with Crippen molar-refractivity contribution in [2.24, 2.45) is 11.7 Å². The van der Waals surface area contributed by atoms with Gasteiger partial charge in [-0.1, -0.05) is 31.5 Å². The van der Waals surface area contributed by atoms with Crippen LogP contribution in [-0.2, 0) is 11.3 Å². The molecule has 136 valence electrons. The van der Waals surface area contributed by atoms with E-state index in [1.54, 1.807) is 6.07 Å². The third-order valence-corrected chi connectivity index (χ3v) is 4.63. The number of hydrogen-bond acceptors (Lipinski definition) is 3. The highest BCUT2D eigenvalue weighted by Crippen LogP contribution is 2.21. The summed E-state index contributed by atoms with van der Waals surface area (Å²) in [6.45, 7) is 6.23. The van der Waals surface area contributed by atoms with Gasteiger partial charge in [-0.2, -0.15) is 0 Å². The van der Waals surface area contributed by atoms with Crippen LogP contribution >= 0.6 is 24.0 Å². The van der Waals surface area contributed by atoms with E-state index in [4.69, 9.17) is 17.3 Å². The van der Waals surface area contributed by atoms with E-state index in [0.717, 1.165) is 31.5 Å². The van der Waals surface area contributed by atoms with Gasteiger partial charge in [0, 0.05) is 24.2 Å². The van der Waals surface area contributed by atoms with E-state index >= 15 is 0 Å². The first-order valence-corrected chi connectivity index (χ1v) is 8.47. The molecule has 0 radical (unpaired) electrons. The van der Waals surface area contributed by atoms with Crippen LogP contribution < -0.4 is 11.1 Å². The number of piperidine rings is 1. The number of amides is 1. The number of nitrogens with two attached hydrogens (primary N) is 1. The topological polar surface area (TPSA) is 58.4 Å². The number of benzene rings is 1. The van der Waals surface area contributed by atoms with Crippen molar-refractivity contribution >= 4 is 29.9 Å². The Morgan fingerprint density at radius 3 is 2.83 bits per heavy atom. The Morgan fingerprint density at radius 2 is 2.21 bits per heavy atom. The zero-order chi connectivity index (χ0) is 17.0. The summed E-state index contributed by atoms with van der Waals surface area (Å²) in [6.07, 6.45) is 1.95. The first-order chi connectivity index (χ1) is 10.9. The van der Waals surface area contributed by atoms with Crippen LogP contribution in [0.15, 0.2) is 18.2 Å². The number of carbonyl (C=O) groups is 1. The van der Waals surface area contributed by atoms with Crippen LogP contribution in [0.25, 0.3) is 0 Å². The average molecular weight is 378 g/mol. The largest absolute Gasteiger partial charge is 0.351 e. The molecule has 1 aliphatic heterocycles. The standard InChI is InChI=1S/C17H25ClFN3O.ClH/c1-11(2)16(20)17(23)21-14-4-3-7-22(10-14)9-12-5-6-13(19)8-15(12)18;/h5-6,8,11,14,16H,3-4,7,9-10,20H2,1-2H3,(H,21,23);1H/t14?,16-;/m0./s1. The van der Waals surface area contributed by atoms with E-state index < -0.39 is 6.04 Å².